The molecule has 0 amide bonds. The number of pyridine rings is 1. The van der Waals surface area contributed by atoms with Crippen LogP contribution in [0.5, 0.6) is 5.75 Å². The summed E-state index contributed by atoms with van der Waals surface area (Å²) in [6.45, 7) is 5.01. The number of ketones is 1. The van der Waals surface area contributed by atoms with Gasteiger partial charge in [-0.2, -0.15) is 0 Å². The average molecular weight is 534 g/mol. The van der Waals surface area contributed by atoms with E-state index in [2.05, 4.69) is 33.4 Å². The first-order valence-electron chi connectivity index (χ1n) is 12.5. The number of nitrogens with zero attached hydrogens (tertiary/aromatic N) is 2. The fraction of sp³-hybridized carbons (Fsp3) is 0.267. The highest BCUT2D eigenvalue weighted by atomic mass is 35.5. The zero-order valence-corrected chi connectivity index (χ0v) is 22.5. The van der Waals surface area contributed by atoms with Crippen LogP contribution < -0.4 is 10.1 Å². The second-order valence-corrected chi connectivity index (χ2v) is 10.2. The van der Waals surface area contributed by atoms with Gasteiger partial charge in [0, 0.05) is 23.8 Å². The Kier molecular flexibility index (Phi) is 7.65. The van der Waals surface area contributed by atoms with Gasteiger partial charge in [0.1, 0.15) is 0 Å². The molecule has 5 nitrogen and oxygen atoms in total. The third-order valence-electron chi connectivity index (χ3n) is 6.89. The zero-order chi connectivity index (χ0) is 25.9. The number of halogens is 2. The molecular weight excluding hydrogens is 505 g/mol. The molecule has 5 rings (SSSR count). The standard InChI is InChI=1S/C30H29Cl2N3O2/c1-19(36)25-18-33-28-9-8-21(22-16-26(31)30(37-2)27(32)17-22)15-24(28)29(25)34-23-7-5-6-20(14-23)10-13-35-11-3-4-12-35/h5-9,14-18H,3-4,10-13H2,1-2H3,(H,33,34). The largest absolute Gasteiger partial charge is 0.494 e. The number of rotatable bonds is 8. The van der Waals surface area contributed by atoms with Crippen LogP contribution in [0.1, 0.15) is 35.7 Å². The molecule has 37 heavy (non-hydrogen) atoms. The number of nitrogens with one attached hydrogen (secondary N) is 1. The van der Waals surface area contributed by atoms with Crippen molar-refractivity contribution in [1.82, 2.24) is 9.88 Å². The summed E-state index contributed by atoms with van der Waals surface area (Å²) in [5.74, 6) is 0.392. The third-order valence-corrected chi connectivity index (χ3v) is 7.46. The van der Waals surface area contributed by atoms with E-state index in [4.69, 9.17) is 27.9 Å². The number of ether oxygens (including phenoxy) is 1. The van der Waals surface area contributed by atoms with Crippen molar-refractivity contribution in [2.75, 3.05) is 32.1 Å². The van der Waals surface area contributed by atoms with Crippen molar-refractivity contribution >= 4 is 51.3 Å². The zero-order valence-electron chi connectivity index (χ0n) is 21.0. The summed E-state index contributed by atoms with van der Waals surface area (Å²) in [7, 11) is 1.54. The maximum absolute atomic E-state index is 12.6. The van der Waals surface area contributed by atoms with Crippen LogP contribution in [0.4, 0.5) is 11.4 Å². The molecule has 1 fully saturated rings. The molecule has 4 aromatic rings. The van der Waals surface area contributed by atoms with E-state index in [0.717, 1.165) is 46.4 Å². The Morgan fingerprint density at radius 3 is 2.49 bits per heavy atom. The summed E-state index contributed by atoms with van der Waals surface area (Å²) in [6.07, 6.45) is 5.23. The van der Waals surface area contributed by atoms with Crippen LogP contribution in [0.2, 0.25) is 10.0 Å². The third kappa shape index (κ3) is 5.59. The first-order valence-corrected chi connectivity index (χ1v) is 13.2. The molecule has 2 heterocycles. The van der Waals surface area contributed by atoms with Gasteiger partial charge in [-0.25, -0.2) is 0 Å². The molecule has 1 aliphatic rings. The van der Waals surface area contributed by atoms with Crippen molar-refractivity contribution < 1.29 is 9.53 Å². The lowest BCUT2D eigenvalue weighted by Crippen LogP contribution is -2.21. The number of carbonyl (C=O) groups excluding carboxylic acids is 1. The molecular formula is C30H29Cl2N3O2. The fourth-order valence-electron chi connectivity index (χ4n) is 4.94. The van der Waals surface area contributed by atoms with Crippen LogP contribution >= 0.6 is 23.2 Å². The number of fused-ring (bicyclic) bond motifs is 1. The molecule has 3 aromatic carbocycles. The summed E-state index contributed by atoms with van der Waals surface area (Å²) in [4.78, 5) is 19.7. The summed E-state index contributed by atoms with van der Waals surface area (Å²) in [5.41, 5.74) is 6.02. The Bertz CT molecular complexity index is 1440. The minimum Gasteiger partial charge on any atom is -0.494 e. The number of benzene rings is 3. The number of Topliss-reactive ketones (excluding diaryl/α,β-unsaturated/α-hetero) is 1. The highest BCUT2D eigenvalue weighted by molar-refractivity contribution is 6.37. The minimum absolute atomic E-state index is 0.0528. The average Bonchev–Trinajstić information content (AvgIpc) is 3.41. The summed E-state index contributed by atoms with van der Waals surface area (Å²) < 4.78 is 5.30. The molecule has 0 bridgehead atoms. The highest BCUT2D eigenvalue weighted by Gasteiger charge is 2.16. The van der Waals surface area contributed by atoms with E-state index in [-0.39, 0.29) is 5.78 Å². The Balaban J connectivity index is 1.52. The Morgan fingerprint density at radius 2 is 1.78 bits per heavy atom. The number of anilines is 2. The topological polar surface area (TPSA) is 54.5 Å². The van der Waals surface area contributed by atoms with E-state index in [1.165, 1.54) is 38.6 Å². The summed E-state index contributed by atoms with van der Waals surface area (Å²) in [6, 6.07) is 18.0. The molecule has 0 aliphatic carbocycles. The molecule has 1 N–H and O–H groups in total. The van der Waals surface area contributed by atoms with E-state index in [9.17, 15) is 4.79 Å². The predicted octanol–water partition coefficient (Wildman–Crippen LogP) is 7.80. The van der Waals surface area contributed by atoms with Crippen LogP contribution in [0.15, 0.2) is 60.8 Å². The van der Waals surface area contributed by atoms with Crippen LogP contribution in [0.3, 0.4) is 0 Å². The Labute approximate surface area is 227 Å². The lowest BCUT2D eigenvalue weighted by molar-refractivity contribution is 0.101. The number of likely N-dealkylation sites (tertiary alicyclic amines) is 1. The summed E-state index contributed by atoms with van der Waals surface area (Å²) >= 11 is 12.8. The number of aromatic nitrogens is 1. The maximum atomic E-state index is 12.6. The maximum Gasteiger partial charge on any atom is 0.163 e. The number of carbonyl (C=O) groups is 1. The lowest BCUT2D eigenvalue weighted by atomic mass is 10.00. The van der Waals surface area contributed by atoms with Crippen molar-refractivity contribution in [1.29, 1.82) is 0 Å². The SMILES string of the molecule is COc1c(Cl)cc(-c2ccc3ncc(C(C)=O)c(Nc4cccc(CCN5CCCC5)c4)c3c2)cc1Cl. The number of hydrogen-bond donors (Lipinski definition) is 1. The molecule has 0 radical (unpaired) electrons. The molecule has 0 spiro atoms. The van der Waals surface area contributed by atoms with Crippen molar-refractivity contribution in [3.8, 4) is 16.9 Å². The first kappa shape index (κ1) is 25.5. The van der Waals surface area contributed by atoms with Gasteiger partial charge in [-0.05, 0) is 92.4 Å². The number of hydrogen-bond acceptors (Lipinski definition) is 5. The van der Waals surface area contributed by atoms with Gasteiger partial charge in [-0.15, -0.1) is 0 Å². The molecule has 1 aromatic heterocycles. The fourth-order valence-corrected chi connectivity index (χ4v) is 5.58. The summed E-state index contributed by atoms with van der Waals surface area (Å²) in [5, 5.41) is 5.25. The van der Waals surface area contributed by atoms with Gasteiger partial charge in [0.25, 0.3) is 0 Å². The Morgan fingerprint density at radius 1 is 1.03 bits per heavy atom. The van der Waals surface area contributed by atoms with E-state index < -0.39 is 0 Å². The molecule has 0 saturated carbocycles. The second kappa shape index (κ2) is 11.1. The van der Waals surface area contributed by atoms with Gasteiger partial charge in [0.05, 0.1) is 33.9 Å². The van der Waals surface area contributed by atoms with E-state index >= 15 is 0 Å². The van der Waals surface area contributed by atoms with Crippen LogP contribution in [-0.4, -0.2) is 42.4 Å². The highest BCUT2D eigenvalue weighted by Crippen LogP contribution is 2.39. The molecule has 1 aliphatic heterocycles. The van der Waals surface area contributed by atoms with Gasteiger partial charge < -0.3 is 15.0 Å². The normalized spacial score (nSPS) is 13.7. The van der Waals surface area contributed by atoms with Gasteiger partial charge in [-0.3, -0.25) is 9.78 Å². The van der Waals surface area contributed by atoms with Gasteiger partial charge in [0.15, 0.2) is 11.5 Å². The predicted molar refractivity (Wildman–Crippen MR) is 153 cm³/mol. The van der Waals surface area contributed by atoms with Crippen molar-refractivity contribution in [3.05, 3.63) is 82.0 Å². The van der Waals surface area contributed by atoms with Crippen LogP contribution in [-0.2, 0) is 6.42 Å². The van der Waals surface area contributed by atoms with Gasteiger partial charge in [0.2, 0.25) is 0 Å². The first-order chi connectivity index (χ1) is 17.9. The van der Waals surface area contributed by atoms with Crippen LogP contribution in [0.25, 0.3) is 22.0 Å². The lowest BCUT2D eigenvalue weighted by Gasteiger charge is -2.17. The van der Waals surface area contributed by atoms with Crippen molar-refractivity contribution in [2.45, 2.75) is 26.2 Å². The molecule has 190 valence electrons. The van der Waals surface area contributed by atoms with E-state index in [0.29, 0.717) is 21.4 Å². The Hall–Kier alpha value is -3.12. The van der Waals surface area contributed by atoms with Crippen molar-refractivity contribution in [2.24, 2.45) is 0 Å². The minimum atomic E-state index is -0.0528. The van der Waals surface area contributed by atoms with E-state index in [1.54, 1.807) is 13.1 Å². The van der Waals surface area contributed by atoms with Crippen molar-refractivity contribution in [3.63, 3.8) is 0 Å². The number of methoxy groups -OCH3 is 1. The molecule has 1 saturated heterocycles. The monoisotopic (exact) mass is 533 g/mol. The van der Waals surface area contributed by atoms with Gasteiger partial charge in [-0.1, -0.05) is 41.4 Å². The molecule has 0 atom stereocenters. The molecule has 0 unspecified atom stereocenters. The van der Waals surface area contributed by atoms with Gasteiger partial charge >= 0.3 is 0 Å². The quantitative estimate of drug-likeness (QED) is 0.234. The van der Waals surface area contributed by atoms with E-state index in [1.807, 2.05) is 36.4 Å². The molecule has 7 heteroatoms. The van der Waals surface area contributed by atoms with Crippen LogP contribution in [0, 0.1) is 0 Å². The smallest absolute Gasteiger partial charge is 0.163 e. The second-order valence-electron chi connectivity index (χ2n) is 9.43.